The van der Waals surface area contributed by atoms with Crippen molar-refractivity contribution in [3.05, 3.63) is 60.3 Å². The molecule has 3 N–H and O–H groups in total. The molecular formula is C21H24N6O3S. The molecule has 31 heavy (non-hydrogen) atoms. The molecule has 0 bridgehead atoms. The zero-order chi connectivity index (χ0) is 22.0. The maximum Gasteiger partial charge on any atom is 0.270 e. The van der Waals surface area contributed by atoms with Gasteiger partial charge in [0, 0.05) is 26.8 Å². The average Bonchev–Trinajstić information content (AvgIpc) is 3.24. The molecule has 0 atom stereocenters. The first kappa shape index (κ1) is 20.6. The van der Waals surface area contributed by atoms with Gasteiger partial charge in [-0.2, -0.15) is 0 Å². The van der Waals surface area contributed by atoms with Crippen molar-refractivity contribution in [3.63, 3.8) is 0 Å². The summed E-state index contributed by atoms with van der Waals surface area (Å²) < 4.78 is 29.1. The van der Waals surface area contributed by atoms with Gasteiger partial charge >= 0.3 is 0 Å². The van der Waals surface area contributed by atoms with Crippen LogP contribution in [0.25, 0.3) is 34.3 Å². The van der Waals surface area contributed by atoms with Gasteiger partial charge < -0.3 is 15.5 Å². The largest absolute Gasteiger partial charge is 0.414 e. The number of nitrogens with two attached hydrogens (primary N) is 1. The predicted molar refractivity (Wildman–Crippen MR) is 121 cm³/mol. The number of sulfone groups is 1. The molecule has 0 fully saturated rings. The third-order valence-electron chi connectivity index (χ3n) is 4.59. The number of rotatable bonds is 6. The molecule has 0 amide bonds. The third-order valence-corrected chi connectivity index (χ3v) is 5.72. The minimum Gasteiger partial charge on any atom is -0.414 e. The summed E-state index contributed by atoms with van der Waals surface area (Å²) in [5, 5.41) is 11.3. The van der Waals surface area contributed by atoms with Gasteiger partial charge in [0.1, 0.15) is 0 Å². The zero-order valence-corrected chi connectivity index (χ0v) is 17.7. The summed E-state index contributed by atoms with van der Waals surface area (Å²) in [4.78, 5) is 8.91. The highest BCUT2D eigenvalue weighted by atomic mass is 32.2. The van der Waals surface area contributed by atoms with Crippen molar-refractivity contribution in [2.45, 2.75) is 11.4 Å². The van der Waals surface area contributed by atoms with E-state index in [2.05, 4.69) is 25.5 Å². The predicted octanol–water partition coefficient (Wildman–Crippen LogP) is 3.06. The Morgan fingerprint density at radius 3 is 2.29 bits per heavy atom. The Balaban J connectivity index is 0.00000193. The van der Waals surface area contributed by atoms with Crippen LogP contribution >= 0.6 is 0 Å². The van der Waals surface area contributed by atoms with E-state index in [0.717, 1.165) is 23.9 Å². The van der Waals surface area contributed by atoms with Gasteiger partial charge in [-0.05, 0) is 36.9 Å². The Hall–Kier alpha value is -3.63. The van der Waals surface area contributed by atoms with Gasteiger partial charge in [-0.15, -0.1) is 10.2 Å². The van der Waals surface area contributed by atoms with Crippen LogP contribution in [0.15, 0.2) is 64.0 Å². The Kier molecular flexibility index (Phi) is 5.49. The highest BCUT2D eigenvalue weighted by Gasteiger charge is 2.17. The first-order valence-corrected chi connectivity index (χ1v) is 11.2. The summed E-state index contributed by atoms with van der Waals surface area (Å²) in [7, 11) is -1.40. The van der Waals surface area contributed by atoms with Gasteiger partial charge in [-0.1, -0.05) is 24.3 Å². The molecule has 0 aliphatic rings. The lowest BCUT2D eigenvalue weighted by molar-refractivity contribution is 0.582. The van der Waals surface area contributed by atoms with Gasteiger partial charge in [-0.3, -0.25) is 0 Å². The van der Waals surface area contributed by atoms with E-state index in [9.17, 15) is 8.42 Å². The van der Waals surface area contributed by atoms with Crippen molar-refractivity contribution >= 4 is 15.7 Å². The molecule has 9 nitrogen and oxygen atoms in total. The monoisotopic (exact) mass is 440 g/mol. The molecule has 2 heterocycles. The molecule has 0 aliphatic heterocycles. The molecule has 0 radical (unpaired) electrons. The molecule has 0 saturated carbocycles. The van der Waals surface area contributed by atoms with Crippen LogP contribution in [0, 0.1) is 0 Å². The minimum atomic E-state index is -3.28. The van der Waals surface area contributed by atoms with Crippen LogP contribution < -0.4 is 11.1 Å². The second-order valence-corrected chi connectivity index (χ2v) is 8.94. The van der Waals surface area contributed by atoms with E-state index in [1.54, 1.807) is 12.1 Å². The third kappa shape index (κ3) is 4.44. The standard InChI is InChI=1S/C21H20N6O3S.2H2/c1-23-11-13-3-5-15(6-4-13)20-26-27-21(30-20)18-19(22)24-12-17(25-18)14-7-9-16(10-8-14)31(2,28)29;;/h3-10,12,23H,11H2,1-2H3,(H2,22,24);2*1H. The first-order chi connectivity index (χ1) is 14.8. The number of nitrogens with zero attached hydrogens (tertiary/aromatic N) is 4. The van der Waals surface area contributed by atoms with E-state index < -0.39 is 9.84 Å². The number of benzene rings is 2. The van der Waals surface area contributed by atoms with Crippen LogP contribution in [0.2, 0.25) is 0 Å². The molecular weight excluding hydrogens is 416 g/mol. The SMILES string of the molecule is CNCc1ccc(-c2nnc(-c3nc(-c4ccc(S(C)(=O)=O)cc4)cnc3N)o2)cc1.[HH].[HH]. The van der Waals surface area contributed by atoms with Crippen molar-refractivity contribution in [1.82, 2.24) is 25.5 Å². The van der Waals surface area contributed by atoms with Crippen molar-refractivity contribution in [1.29, 1.82) is 0 Å². The lowest BCUT2D eigenvalue weighted by Gasteiger charge is -2.05. The summed E-state index contributed by atoms with van der Waals surface area (Å²) in [5.74, 6) is 0.639. The van der Waals surface area contributed by atoms with Crippen LogP contribution in [0.3, 0.4) is 0 Å². The van der Waals surface area contributed by atoms with Gasteiger partial charge in [-0.25, -0.2) is 18.4 Å². The number of hydrogen-bond donors (Lipinski definition) is 2. The molecule has 162 valence electrons. The molecule has 4 aromatic rings. The van der Waals surface area contributed by atoms with Crippen LogP contribution in [0.1, 0.15) is 8.42 Å². The number of anilines is 1. The van der Waals surface area contributed by atoms with Gasteiger partial charge in [0.25, 0.3) is 5.89 Å². The Morgan fingerprint density at radius 1 is 1.00 bits per heavy atom. The van der Waals surface area contributed by atoms with Crippen LogP contribution in [0.5, 0.6) is 0 Å². The van der Waals surface area contributed by atoms with Crippen molar-refractivity contribution in [3.8, 4) is 34.3 Å². The summed E-state index contributed by atoms with van der Waals surface area (Å²) in [6.45, 7) is 0.763. The Labute approximate surface area is 182 Å². The molecule has 0 spiro atoms. The van der Waals surface area contributed by atoms with Crippen LogP contribution in [-0.4, -0.2) is 41.9 Å². The lowest BCUT2D eigenvalue weighted by Crippen LogP contribution is -2.04. The van der Waals surface area contributed by atoms with Crippen molar-refractivity contribution < 1.29 is 15.7 Å². The smallest absolute Gasteiger partial charge is 0.270 e. The zero-order valence-electron chi connectivity index (χ0n) is 16.9. The number of nitrogen functional groups attached to an aromatic ring is 1. The van der Waals surface area contributed by atoms with Gasteiger partial charge in [0.15, 0.2) is 21.3 Å². The van der Waals surface area contributed by atoms with Crippen molar-refractivity contribution in [2.24, 2.45) is 0 Å². The summed E-state index contributed by atoms with van der Waals surface area (Å²) >= 11 is 0. The van der Waals surface area contributed by atoms with E-state index >= 15 is 0 Å². The number of nitrogens with one attached hydrogen (secondary N) is 1. The molecule has 4 rings (SSSR count). The molecule has 0 unspecified atom stereocenters. The lowest BCUT2D eigenvalue weighted by atomic mass is 10.1. The minimum absolute atomic E-state index is 0. The second-order valence-electron chi connectivity index (χ2n) is 6.93. The quantitative estimate of drug-likeness (QED) is 0.463. The van der Waals surface area contributed by atoms with Crippen LogP contribution in [0.4, 0.5) is 5.82 Å². The Bertz CT molecular complexity index is 1330. The van der Waals surface area contributed by atoms with E-state index in [-0.39, 0.29) is 25.2 Å². The fraction of sp³-hybridized carbons (Fsp3) is 0.143. The van der Waals surface area contributed by atoms with Gasteiger partial charge in [0.05, 0.1) is 16.8 Å². The highest BCUT2D eigenvalue weighted by Crippen LogP contribution is 2.28. The summed E-state index contributed by atoms with van der Waals surface area (Å²) in [5.41, 5.74) is 9.35. The van der Waals surface area contributed by atoms with E-state index in [0.29, 0.717) is 17.1 Å². The summed E-state index contributed by atoms with van der Waals surface area (Å²) in [6.07, 6.45) is 2.66. The topological polar surface area (TPSA) is 137 Å². The maximum atomic E-state index is 11.7. The van der Waals surface area contributed by atoms with Crippen molar-refractivity contribution in [2.75, 3.05) is 19.0 Å². The van der Waals surface area contributed by atoms with E-state index in [1.807, 2.05) is 31.3 Å². The number of hydrogen-bond acceptors (Lipinski definition) is 9. The van der Waals surface area contributed by atoms with Crippen LogP contribution in [-0.2, 0) is 16.4 Å². The van der Waals surface area contributed by atoms with Gasteiger partial charge in [0.2, 0.25) is 5.89 Å². The molecule has 10 heteroatoms. The van der Waals surface area contributed by atoms with E-state index in [4.69, 9.17) is 10.2 Å². The molecule has 0 aliphatic carbocycles. The maximum absolute atomic E-state index is 11.7. The van der Waals surface area contributed by atoms with E-state index in [1.165, 1.54) is 18.3 Å². The first-order valence-electron chi connectivity index (χ1n) is 9.36. The normalized spacial score (nSPS) is 11.5. The average molecular weight is 441 g/mol. The molecule has 2 aromatic carbocycles. The molecule has 2 aromatic heterocycles. The second kappa shape index (κ2) is 8.25. The summed E-state index contributed by atoms with van der Waals surface area (Å²) in [6, 6.07) is 14.1. The number of aromatic nitrogens is 4. The fourth-order valence-corrected chi connectivity index (χ4v) is 3.60. The fourth-order valence-electron chi connectivity index (χ4n) is 2.97. The highest BCUT2D eigenvalue weighted by molar-refractivity contribution is 7.90. The molecule has 0 saturated heterocycles. The Morgan fingerprint density at radius 2 is 1.65 bits per heavy atom.